The predicted octanol–water partition coefficient (Wildman–Crippen LogP) is 2.91. The van der Waals surface area contributed by atoms with E-state index in [0.717, 1.165) is 6.92 Å². The number of rotatable bonds is 3. The fraction of sp³-hybridized carbons (Fsp3) is 0.231. The van der Waals surface area contributed by atoms with Crippen LogP contribution in [0.4, 0.5) is 8.78 Å². The molecule has 2 rings (SSSR count). The van der Waals surface area contributed by atoms with Crippen molar-refractivity contribution in [3.63, 3.8) is 0 Å². The Labute approximate surface area is 117 Å². The van der Waals surface area contributed by atoms with E-state index in [-0.39, 0.29) is 5.56 Å². The van der Waals surface area contributed by atoms with Crippen LogP contribution in [0, 0.1) is 20.2 Å². The molecule has 0 aromatic heterocycles. The molecule has 2 unspecified atom stereocenters. The SMILES string of the molecule is CC1=C([N+](=O)[O-])C(F)C(F)(c2ccccc2)C=C1[N+](=O)[O-]. The Kier molecular flexibility index (Phi) is 3.54. The summed E-state index contributed by atoms with van der Waals surface area (Å²) in [6, 6.07) is 6.83. The topological polar surface area (TPSA) is 86.3 Å². The van der Waals surface area contributed by atoms with Gasteiger partial charge in [0.25, 0.3) is 11.4 Å². The first-order chi connectivity index (χ1) is 9.79. The number of hydrogen-bond acceptors (Lipinski definition) is 4. The molecule has 2 atom stereocenters. The lowest BCUT2D eigenvalue weighted by Crippen LogP contribution is -2.38. The molecule has 21 heavy (non-hydrogen) atoms. The zero-order chi connectivity index (χ0) is 15.8. The lowest BCUT2D eigenvalue weighted by Gasteiger charge is -2.27. The molecule has 0 saturated carbocycles. The lowest BCUT2D eigenvalue weighted by atomic mass is 9.82. The number of hydrogen-bond donors (Lipinski definition) is 0. The zero-order valence-electron chi connectivity index (χ0n) is 10.8. The summed E-state index contributed by atoms with van der Waals surface area (Å²) in [6.07, 6.45) is -2.13. The van der Waals surface area contributed by atoms with Crippen molar-refractivity contribution in [3.05, 3.63) is 79.2 Å². The van der Waals surface area contributed by atoms with E-state index >= 15 is 0 Å². The quantitative estimate of drug-likeness (QED) is 0.634. The van der Waals surface area contributed by atoms with Gasteiger partial charge in [-0.25, -0.2) is 8.78 Å². The Morgan fingerprint density at radius 2 is 1.71 bits per heavy atom. The van der Waals surface area contributed by atoms with E-state index in [1.165, 1.54) is 24.3 Å². The number of benzene rings is 1. The molecule has 1 aliphatic carbocycles. The lowest BCUT2D eigenvalue weighted by molar-refractivity contribution is -0.448. The summed E-state index contributed by atoms with van der Waals surface area (Å²) >= 11 is 0. The second kappa shape index (κ2) is 5.04. The third-order valence-electron chi connectivity index (χ3n) is 3.33. The van der Waals surface area contributed by atoms with Gasteiger partial charge in [0.15, 0.2) is 0 Å². The van der Waals surface area contributed by atoms with Crippen LogP contribution in [0.15, 0.2) is 53.4 Å². The highest BCUT2D eigenvalue weighted by Crippen LogP contribution is 2.43. The molecule has 0 fully saturated rings. The van der Waals surface area contributed by atoms with Crippen molar-refractivity contribution in [2.75, 3.05) is 0 Å². The van der Waals surface area contributed by atoms with E-state index in [4.69, 9.17) is 0 Å². The highest BCUT2D eigenvalue weighted by molar-refractivity contribution is 5.43. The minimum Gasteiger partial charge on any atom is -0.259 e. The van der Waals surface area contributed by atoms with E-state index in [1.807, 2.05) is 0 Å². The summed E-state index contributed by atoms with van der Waals surface area (Å²) in [6.45, 7) is 1.03. The van der Waals surface area contributed by atoms with Crippen LogP contribution in [0.2, 0.25) is 0 Å². The number of nitro groups is 2. The Hall–Kier alpha value is -2.64. The molecule has 1 aromatic rings. The summed E-state index contributed by atoms with van der Waals surface area (Å²) in [5, 5.41) is 21.9. The van der Waals surface area contributed by atoms with E-state index in [1.54, 1.807) is 6.07 Å². The minimum atomic E-state index is -2.95. The van der Waals surface area contributed by atoms with Gasteiger partial charge in [0.05, 0.1) is 9.85 Å². The second-order valence-electron chi connectivity index (χ2n) is 4.55. The predicted molar refractivity (Wildman–Crippen MR) is 68.9 cm³/mol. The third-order valence-corrected chi connectivity index (χ3v) is 3.33. The summed E-state index contributed by atoms with van der Waals surface area (Å²) < 4.78 is 29.4. The van der Waals surface area contributed by atoms with E-state index in [2.05, 4.69) is 0 Å². The van der Waals surface area contributed by atoms with Gasteiger partial charge in [0, 0.05) is 6.08 Å². The summed E-state index contributed by atoms with van der Waals surface area (Å²) in [5.41, 5.74) is -5.59. The monoisotopic (exact) mass is 296 g/mol. The molecule has 8 heteroatoms. The summed E-state index contributed by atoms with van der Waals surface area (Å²) in [4.78, 5) is 19.8. The van der Waals surface area contributed by atoms with Gasteiger partial charge in [0.2, 0.25) is 11.8 Å². The van der Waals surface area contributed by atoms with Crippen LogP contribution in [0.3, 0.4) is 0 Å². The molecule has 6 nitrogen and oxygen atoms in total. The molecule has 0 N–H and O–H groups in total. The van der Waals surface area contributed by atoms with Crippen molar-refractivity contribution in [2.24, 2.45) is 0 Å². The second-order valence-corrected chi connectivity index (χ2v) is 4.55. The number of nitrogens with zero attached hydrogens (tertiary/aromatic N) is 2. The van der Waals surface area contributed by atoms with Crippen molar-refractivity contribution in [1.29, 1.82) is 0 Å². The zero-order valence-corrected chi connectivity index (χ0v) is 10.8. The number of alkyl halides is 2. The van der Waals surface area contributed by atoms with Crippen molar-refractivity contribution in [2.45, 2.75) is 18.8 Å². The first-order valence-corrected chi connectivity index (χ1v) is 5.90. The van der Waals surface area contributed by atoms with Gasteiger partial charge in [-0.2, -0.15) is 0 Å². The standard InChI is InChI=1S/C13H10F2N2O4/c1-8-10(16(18)19)7-13(15,9-5-3-2-4-6-9)12(14)11(8)17(20)21/h2-7,12H,1H3. The van der Waals surface area contributed by atoms with Gasteiger partial charge in [-0.05, 0) is 12.5 Å². The fourth-order valence-electron chi connectivity index (χ4n) is 2.24. The highest BCUT2D eigenvalue weighted by Gasteiger charge is 2.54. The molecule has 0 saturated heterocycles. The Morgan fingerprint density at radius 3 is 2.19 bits per heavy atom. The van der Waals surface area contributed by atoms with Crippen LogP contribution in [0.25, 0.3) is 0 Å². The van der Waals surface area contributed by atoms with Crippen molar-refractivity contribution >= 4 is 0 Å². The normalized spacial score (nSPS) is 25.5. The van der Waals surface area contributed by atoms with Crippen LogP contribution in [-0.4, -0.2) is 16.0 Å². The Bertz CT molecular complexity index is 672. The highest BCUT2D eigenvalue weighted by atomic mass is 19.2. The minimum absolute atomic E-state index is 0.219. The largest absolute Gasteiger partial charge is 0.293 e. The number of halogens is 2. The number of allylic oxidation sites excluding steroid dienone is 3. The maximum absolute atomic E-state index is 15.0. The van der Waals surface area contributed by atoms with Crippen molar-refractivity contribution < 1.29 is 18.6 Å². The maximum Gasteiger partial charge on any atom is 0.293 e. The Balaban J connectivity index is 2.70. The van der Waals surface area contributed by atoms with Crippen molar-refractivity contribution in [1.82, 2.24) is 0 Å². The first-order valence-electron chi connectivity index (χ1n) is 5.90. The summed E-state index contributed by atoms with van der Waals surface area (Å²) in [5.74, 6) is 0. The molecular weight excluding hydrogens is 286 g/mol. The van der Waals surface area contributed by atoms with Gasteiger partial charge >= 0.3 is 0 Å². The van der Waals surface area contributed by atoms with Crippen LogP contribution in [0.5, 0.6) is 0 Å². The average molecular weight is 296 g/mol. The molecule has 1 aliphatic rings. The van der Waals surface area contributed by atoms with Gasteiger partial charge < -0.3 is 0 Å². The van der Waals surface area contributed by atoms with Crippen LogP contribution in [0.1, 0.15) is 12.5 Å². The average Bonchev–Trinajstić information content (AvgIpc) is 2.43. The first kappa shape index (κ1) is 14.8. The van der Waals surface area contributed by atoms with Gasteiger partial charge in [-0.1, -0.05) is 30.3 Å². The van der Waals surface area contributed by atoms with Crippen LogP contribution in [-0.2, 0) is 5.67 Å². The van der Waals surface area contributed by atoms with Gasteiger partial charge in [-0.3, -0.25) is 20.2 Å². The van der Waals surface area contributed by atoms with E-state index in [0.29, 0.717) is 6.08 Å². The molecule has 110 valence electrons. The summed E-state index contributed by atoms with van der Waals surface area (Å²) in [7, 11) is 0. The van der Waals surface area contributed by atoms with Gasteiger partial charge in [0.1, 0.15) is 5.57 Å². The molecule has 0 amide bonds. The molecule has 0 bridgehead atoms. The van der Waals surface area contributed by atoms with Crippen molar-refractivity contribution in [3.8, 4) is 0 Å². The van der Waals surface area contributed by atoms with E-state index in [9.17, 15) is 29.0 Å². The third kappa shape index (κ3) is 2.28. The van der Waals surface area contributed by atoms with E-state index < -0.39 is 38.7 Å². The molecule has 0 heterocycles. The molecule has 0 radical (unpaired) electrons. The fourth-order valence-corrected chi connectivity index (χ4v) is 2.24. The van der Waals surface area contributed by atoms with Crippen LogP contribution >= 0.6 is 0 Å². The smallest absolute Gasteiger partial charge is 0.259 e. The Morgan fingerprint density at radius 1 is 1.14 bits per heavy atom. The van der Waals surface area contributed by atoms with Gasteiger partial charge in [-0.15, -0.1) is 0 Å². The van der Waals surface area contributed by atoms with Crippen LogP contribution < -0.4 is 0 Å². The molecule has 0 aliphatic heterocycles. The molecule has 1 aromatic carbocycles. The maximum atomic E-state index is 15.0. The molecular formula is C13H10F2N2O4. The molecule has 0 spiro atoms.